The molecule has 1 aromatic carbocycles. The fourth-order valence-corrected chi connectivity index (χ4v) is 4.79. The summed E-state index contributed by atoms with van der Waals surface area (Å²) < 4.78 is 3.42. The van der Waals surface area contributed by atoms with E-state index in [9.17, 15) is 14.7 Å². The van der Waals surface area contributed by atoms with Gasteiger partial charge in [0.1, 0.15) is 18.4 Å². The lowest BCUT2D eigenvalue weighted by Crippen LogP contribution is -2.50. The molecule has 0 spiro atoms. The first-order valence-electron chi connectivity index (χ1n) is 12.3. The number of nitrogens with one attached hydrogen (secondary N) is 1. The van der Waals surface area contributed by atoms with Crippen molar-refractivity contribution in [2.75, 3.05) is 6.54 Å². The lowest BCUT2D eigenvalue weighted by Gasteiger charge is -2.34. The minimum atomic E-state index is -0.795. The largest absolute Gasteiger partial charge is 0.391 e. The van der Waals surface area contributed by atoms with E-state index in [1.165, 1.54) is 4.90 Å². The Bertz CT molecular complexity index is 1230. The molecule has 2 aliphatic rings. The third-order valence-electron chi connectivity index (χ3n) is 6.78. The number of rotatable bonds is 7. The van der Waals surface area contributed by atoms with Gasteiger partial charge in [-0.25, -0.2) is 4.68 Å². The topological polar surface area (TPSA) is 131 Å². The van der Waals surface area contributed by atoms with Gasteiger partial charge in [0.05, 0.1) is 18.3 Å². The van der Waals surface area contributed by atoms with Crippen molar-refractivity contribution in [2.45, 2.75) is 70.7 Å². The number of para-hydroxylation sites is 1. The SMILES string of the molecule is CC(C)(C)[C@@H](C(=O)N1CC(O)CC1C(=O)NCc1nncn1-c1ccccc1)n1cc(C2CC2)nn1. The molecule has 11 heteroatoms. The fourth-order valence-electron chi connectivity index (χ4n) is 4.79. The molecule has 36 heavy (non-hydrogen) atoms. The van der Waals surface area contributed by atoms with Gasteiger partial charge in [0, 0.05) is 30.8 Å². The number of hydrogen-bond donors (Lipinski definition) is 2. The minimum absolute atomic E-state index is 0.0911. The van der Waals surface area contributed by atoms with Crippen molar-refractivity contribution >= 4 is 11.8 Å². The second-order valence-corrected chi connectivity index (χ2v) is 10.7. The van der Waals surface area contributed by atoms with Gasteiger partial charge in [-0.2, -0.15) is 0 Å². The highest BCUT2D eigenvalue weighted by Crippen LogP contribution is 2.40. The quantitative estimate of drug-likeness (QED) is 0.512. The number of hydrogen-bond acceptors (Lipinski definition) is 7. The van der Waals surface area contributed by atoms with E-state index in [0.717, 1.165) is 24.2 Å². The van der Waals surface area contributed by atoms with Crippen molar-refractivity contribution < 1.29 is 14.7 Å². The summed E-state index contributed by atoms with van der Waals surface area (Å²) in [5.41, 5.74) is 1.30. The molecule has 1 saturated carbocycles. The minimum Gasteiger partial charge on any atom is -0.391 e. The Kier molecular flexibility index (Phi) is 6.33. The molecule has 2 aromatic heterocycles. The highest BCUT2D eigenvalue weighted by atomic mass is 16.3. The van der Waals surface area contributed by atoms with Crippen LogP contribution in [0.25, 0.3) is 5.69 Å². The van der Waals surface area contributed by atoms with Crippen LogP contribution in [0.5, 0.6) is 0 Å². The van der Waals surface area contributed by atoms with Gasteiger partial charge in [-0.3, -0.25) is 14.2 Å². The van der Waals surface area contributed by atoms with Crippen LogP contribution in [0.15, 0.2) is 42.9 Å². The summed E-state index contributed by atoms with van der Waals surface area (Å²) in [6, 6.07) is 8.15. The molecule has 3 atom stereocenters. The molecule has 5 rings (SSSR count). The Morgan fingerprint density at radius 2 is 1.92 bits per heavy atom. The van der Waals surface area contributed by atoms with E-state index in [1.807, 2.05) is 57.3 Å². The lowest BCUT2D eigenvalue weighted by molar-refractivity contribution is -0.144. The molecule has 2 N–H and O–H groups in total. The Labute approximate surface area is 209 Å². The third-order valence-corrected chi connectivity index (χ3v) is 6.78. The maximum Gasteiger partial charge on any atom is 0.248 e. The zero-order valence-electron chi connectivity index (χ0n) is 20.8. The Morgan fingerprint density at radius 1 is 1.17 bits per heavy atom. The van der Waals surface area contributed by atoms with Crippen LogP contribution >= 0.6 is 0 Å². The number of aliphatic hydroxyl groups is 1. The molecular weight excluding hydrogens is 460 g/mol. The van der Waals surface area contributed by atoms with Gasteiger partial charge in [0.25, 0.3) is 0 Å². The Balaban J connectivity index is 1.32. The lowest BCUT2D eigenvalue weighted by atomic mass is 9.85. The van der Waals surface area contributed by atoms with E-state index in [1.54, 1.807) is 15.6 Å². The number of likely N-dealkylation sites (tertiary alicyclic amines) is 1. The second-order valence-electron chi connectivity index (χ2n) is 10.7. The van der Waals surface area contributed by atoms with Gasteiger partial charge in [0.2, 0.25) is 11.8 Å². The van der Waals surface area contributed by atoms with E-state index in [-0.39, 0.29) is 31.3 Å². The average Bonchev–Trinajstić information content (AvgIpc) is 3.22. The third kappa shape index (κ3) is 4.88. The summed E-state index contributed by atoms with van der Waals surface area (Å²) in [5, 5.41) is 30.0. The van der Waals surface area contributed by atoms with Gasteiger partial charge < -0.3 is 15.3 Å². The van der Waals surface area contributed by atoms with Gasteiger partial charge >= 0.3 is 0 Å². The van der Waals surface area contributed by atoms with Crippen LogP contribution in [-0.4, -0.2) is 70.3 Å². The molecule has 190 valence electrons. The molecule has 2 unspecified atom stereocenters. The Morgan fingerprint density at radius 3 is 2.61 bits per heavy atom. The van der Waals surface area contributed by atoms with E-state index in [4.69, 9.17) is 0 Å². The van der Waals surface area contributed by atoms with Gasteiger partial charge in [-0.05, 0) is 30.4 Å². The van der Waals surface area contributed by atoms with E-state index in [2.05, 4.69) is 25.8 Å². The monoisotopic (exact) mass is 492 g/mol. The van der Waals surface area contributed by atoms with Gasteiger partial charge in [-0.15, -0.1) is 15.3 Å². The molecule has 3 aromatic rings. The number of aliphatic hydroxyl groups excluding tert-OH is 1. The number of aromatic nitrogens is 6. The number of nitrogens with zero attached hydrogens (tertiary/aromatic N) is 7. The molecule has 3 heterocycles. The first kappa shape index (κ1) is 24.1. The molecule has 1 saturated heterocycles. The van der Waals surface area contributed by atoms with Crippen molar-refractivity contribution in [3.8, 4) is 5.69 Å². The summed E-state index contributed by atoms with van der Waals surface area (Å²) in [5.74, 6) is 0.389. The predicted molar refractivity (Wildman–Crippen MR) is 130 cm³/mol. The molecule has 2 fully saturated rings. The maximum absolute atomic E-state index is 13.8. The summed E-state index contributed by atoms with van der Waals surface area (Å²) in [6.07, 6.45) is 5.01. The van der Waals surface area contributed by atoms with Gasteiger partial charge in [0.15, 0.2) is 5.82 Å². The van der Waals surface area contributed by atoms with Crippen LogP contribution in [0.1, 0.15) is 63.5 Å². The molecule has 11 nitrogen and oxygen atoms in total. The van der Waals surface area contributed by atoms with E-state index < -0.39 is 23.6 Å². The predicted octanol–water partition coefficient (Wildman–Crippen LogP) is 1.60. The molecule has 1 aliphatic heterocycles. The first-order chi connectivity index (χ1) is 17.2. The smallest absolute Gasteiger partial charge is 0.248 e. The Hall–Kier alpha value is -3.60. The van der Waals surface area contributed by atoms with Crippen LogP contribution in [-0.2, 0) is 16.1 Å². The van der Waals surface area contributed by atoms with Crippen LogP contribution < -0.4 is 5.32 Å². The van der Waals surface area contributed by atoms with Crippen molar-refractivity contribution in [3.05, 3.63) is 54.4 Å². The summed E-state index contributed by atoms with van der Waals surface area (Å²) in [4.78, 5) is 28.6. The summed E-state index contributed by atoms with van der Waals surface area (Å²) in [6.45, 7) is 6.12. The highest BCUT2D eigenvalue weighted by Gasteiger charge is 2.45. The van der Waals surface area contributed by atoms with Crippen LogP contribution in [0.3, 0.4) is 0 Å². The molecule has 2 amide bonds. The zero-order valence-corrected chi connectivity index (χ0v) is 20.8. The second kappa shape index (κ2) is 9.45. The molecule has 1 aliphatic carbocycles. The average molecular weight is 493 g/mol. The highest BCUT2D eigenvalue weighted by molar-refractivity contribution is 5.90. The molecule has 0 bridgehead atoms. The van der Waals surface area contributed by atoms with Crippen molar-refractivity contribution in [1.82, 2.24) is 40.0 Å². The van der Waals surface area contributed by atoms with Crippen molar-refractivity contribution in [2.24, 2.45) is 5.41 Å². The van der Waals surface area contributed by atoms with Crippen molar-refractivity contribution in [1.29, 1.82) is 0 Å². The van der Waals surface area contributed by atoms with Gasteiger partial charge in [-0.1, -0.05) is 44.2 Å². The summed E-state index contributed by atoms with van der Waals surface area (Å²) >= 11 is 0. The first-order valence-corrected chi connectivity index (χ1v) is 12.3. The maximum atomic E-state index is 13.8. The fraction of sp³-hybridized carbons (Fsp3) is 0.520. The van der Waals surface area contributed by atoms with E-state index >= 15 is 0 Å². The van der Waals surface area contributed by atoms with Crippen LogP contribution in [0.2, 0.25) is 0 Å². The standard InChI is InChI=1S/C25H32N8O3/c1-25(2,3)22(33-14-19(28-30-33)16-9-10-16)24(36)31-13-18(34)11-20(31)23(35)26-12-21-29-27-15-32(21)17-7-5-4-6-8-17/h4-8,14-16,18,20,22,34H,9-13H2,1-3H3,(H,26,35)/t18?,20?,22-/m1/s1. The van der Waals surface area contributed by atoms with Crippen LogP contribution in [0, 0.1) is 5.41 Å². The molecular formula is C25H32N8O3. The number of carbonyl (C=O) groups is 2. The van der Waals surface area contributed by atoms with E-state index in [0.29, 0.717) is 11.7 Å². The number of carbonyl (C=O) groups excluding carboxylic acids is 2. The molecule has 0 radical (unpaired) electrons. The number of amides is 2. The summed E-state index contributed by atoms with van der Waals surface area (Å²) in [7, 11) is 0. The zero-order chi connectivity index (χ0) is 25.4. The normalized spacial score (nSPS) is 20.9. The van der Waals surface area contributed by atoms with Crippen molar-refractivity contribution in [3.63, 3.8) is 0 Å². The van der Waals surface area contributed by atoms with Crippen LogP contribution in [0.4, 0.5) is 0 Å². The number of β-amino-alcohol motifs (C(OH)–C–C–N with tert-alkyl or cyclic N) is 1. The number of benzene rings is 1.